The van der Waals surface area contributed by atoms with Crippen LogP contribution in [0, 0.1) is 0 Å². The van der Waals surface area contributed by atoms with Crippen LogP contribution < -0.4 is 5.32 Å². The van der Waals surface area contributed by atoms with E-state index in [2.05, 4.69) is 0 Å². The van der Waals surface area contributed by atoms with E-state index in [4.69, 9.17) is 16.7 Å². The quantitative estimate of drug-likeness (QED) is 0.790. The molecule has 0 saturated heterocycles. The van der Waals surface area contributed by atoms with Crippen LogP contribution in [0.5, 0.6) is 0 Å². The molecule has 0 aliphatic rings. The van der Waals surface area contributed by atoms with Crippen LogP contribution >= 0.6 is 23.4 Å². The number of halogens is 3. The number of rotatable bonds is 6. The van der Waals surface area contributed by atoms with Crippen LogP contribution in [0.15, 0.2) is 23.1 Å². The van der Waals surface area contributed by atoms with Gasteiger partial charge in [-0.05, 0) is 24.5 Å². The van der Waals surface area contributed by atoms with Gasteiger partial charge in [-0.15, -0.1) is 11.8 Å². The number of thioether (sulfide) groups is 1. The summed E-state index contributed by atoms with van der Waals surface area (Å²) in [6.07, 6.45) is -1.99. The molecule has 0 aliphatic heterocycles. The average molecular weight is 324 g/mol. The third-order valence-electron chi connectivity index (χ3n) is 2.44. The number of hydrogen-bond acceptors (Lipinski definition) is 3. The van der Waals surface area contributed by atoms with E-state index >= 15 is 0 Å². The Morgan fingerprint density at radius 2 is 2.10 bits per heavy atom. The molecular formula is C12H12ClF2NO3S. The predicted molar refractivity (Wildman–Crippen MR) is 72.7 cm³/mol. The molecule has 1 aromatic rings. The van der Waals surface area contributed by atoms with Crippen LogP contribution in [0.1, 0.15) is 16.8 Å². The van der Waals surface area contributed by atoms with Crippen molar-refractivity contribution in [3.05, 3.63) is 28.8 Å². The van der Waals surface area contributed by atoms with E-state index in [1.165, 1.54) is 23.9 Å². The lowest BCUT2D eigenvalue weighted by molar-refractivity contribution is -0.140. The van der Waals surface area contributed by atoms with E-state index in [0.717, 1.165) is 4.90 Å². The van der Waals surface area contributed by atoms with Crippen LogP contribution in [0.3, 0.4) is 0 Å². The lowest BCUT2D eigenvalue weighted by Crippen LogP contribution is -2.42. The molecule has 2 N–H and O–H groups in total. The lowest BCUT2D eigenvalue weighted by Gasteiger charge is -2.15. The molecule has 1 amide bonds. The first-order chi connectivity index (χ1) is 9.35. The maximum absolute atomic E-state index is 12.3. The Bertz CT molecular complexity index is 513. The highest BCUT2D eigenvalue weighted by Gasteiger charge is 2.25. The molecule has 1 aromatic carbocycles. The van der Waals surface area contributed by atoms with Crippen molar-refractivity contribution < 1.29 is 23.5 Å². The van der Waals surface area contributed by atoms with Gasteiger partial charge in [-0.3, -0.25) is 4.79 Å². The molecule has 110 valence electrons. The standard InChI is InChI=1S/C12H12ClF2NO3S/c1-20-6-2-3-8(13)7(4-6)11(17)16-9(12(18)19)5-10(14)15/h2-4,9-10H,5H2,1H3,(H,16,17)(H,18,19). The average Bonchev–Trinajstić information content (AvgIpc) is 2.37. The van der Waals surface area contributed by atoms with E-state index < -0.39 is 30.8 Å². The van der Waals surface area contributed by atoms with Crippen molar-refractivity contribution in [2.45, 2.75) is 23.8 Å². The summed E-state index contributed by atoms with van der Waals surface area (Å²) in [7, 11) is 0. The number of hydrogen-bond donors (Lipinski definition) is 2. The van der Waals surface area contributed by atoms with Gasteiger partial charge in [0.2, 0.25) is 6.43 Å². The van der Waals surface area contributed by atoms with Crippen molar-refractivity contribution in [2.75, 3.05) is 6.26 Å². The molecule has 0 saturated carbocycles. The van der Waals surface area contributed by atoms with Gasteiger partial charge in [0.25, 0.3) is 5.91 Å². The molecule has 0 spiro atoms. The molecule has 8 heteroatoms. The van der Waals surface area contributed by atoms with Crippen LogP contribution in [0.4, 0.5) is 8.78 Å². The monoisotopic (exact) mass is 323 g/mol. The first kappa shape index (κ1) is 16.7. The summed E-state index contributed by atoms with van der Waals surface area (Å²) in [6.45, 7) is 0. The summed E-state index contributed by atoms with van der Waals surface area (Å²) in [6, 6.07) is 3.00. The number of amides is 1. The molecule has 0 heterocycles. The molecule has 0 aromatic heterocycles. The van der Waals surface area contributed by atoms with Crippen LogP contribution in [0.2, 0.25) is 5.02 Å². The predicted octanol–water partition coefficient (Wildman–Crippen LogP) is 2.90. The zero-order chi connectivity index (χ0) is 15.3. The van der Waals surface area contributed by atoms with Crippen LogP contribution in [0.25, 0.3) is 0 Å². The molecule has 0 aliphatic carbocycles. The lowest BCUT2D eigenvalue weighted by atomic mass is 10.1. The van der Waals surface area contributed by atoms with Crippen molar-refractivity contribution in [3.8, 4) is 0 Å². The summed E-state index contributed by atoms with van der Waals surface area (Å²) >= 11 is 7.22. The first-order valence-electron chi connectivity index (χ1n) is 5.50. The Balaban J connectivity index is 2.91. The minimum atomic E-state index is -2.83. The smallest absolute Gasteiger partial charge is 0.326 e. The van der Waals surface area contributed by atoms with Crippen molar-refractivity contribution >= 4 is 35.2 Å². The number of carboxylic acid groups (broad SMARTS) is 1. The van der Waals surface area contributed by atoms with Gasteiger partial charge in [-0.25, -0.2) is 13.6 Å². The molecule has 1 atom stereocenters. The molecule has 4 nitrogen and oxygen atoms in total. The summed E-state index contributed by atoms with van der Waals surface area (Å²) in [5.74, 6) is -2.31. The van der Waals surface area contributed by atoms with Gasteiger partial charge >= 0.3 is 5.97 Å². The number of alkyl halides is 2. The summed E-state index contributed by atoms with van der Waals surface area (Å²) in [4.78, 5) is 23.5. The number of carbonyl (C=O) groups is 2. The third kappa shape index (κ3) is 4.64. The molecule has 0 fully saturated rings. The van der Waals surface area contributed by atoms with Gasteiger partial charge in [0.05, 0.1) is 10.6 Å². The molecule has 20 heavy (non-hydrogen) atoms. The van der Waals surface area contributed by atoms with Crippen molar-refractivity contribution in [1.29, 1.82) is 0 Å². The van der Waals surface area contributed by atoms with Gasteiger partial charge < -0.3 is 10.4 Å². The summed E-state index contributed by atoms with van der Waals surface area (Å²) in [5, 5.41) is 11.0. The van der Waals surface area contributed by atoms with E-state index in [1.807, 2.05) is 5.32 Å². The Kier molecular flexibility index (Phi) is 6.22. The van der Waals surface area contributed by atoms with E-state index in [0.29, 0.717) is 0 Å². The number of nitrogens with one attached hydrogen (secondary N) is 1. The second-order valence-corrected chi connectivity index (χ2v) is 5.12. The minimum Gasteiger partial charge on any atom is -0.480 e. The molecule has 1 rings (SSSR count). The Hall–Kier alpha value is -1.34. The van der Waals surface area contributed by atoms with Crippen LogP contribution in [-0.4, -0.2) is 35.7 Å². The van der Waals surface area contributed by atoms with Gasteiger partial charge in [0, 0.05) is 11.3 Å². The molecular weight excluding hydrogens is 312 g/mol. The maximum Gasteiger partial charge on any atom is 0.326 e. The molecule has 1 unspecified atom stereocenters. The van der Waals surface area contributed by atoms with Gasteiger partial charge in [-0.1, -0.05) is 11.6 Å². The second kappa shape index (κ2) is 7.44. The van der Waals surface area contributed by atoms with Crippen LogP contribution in [-0.2, 0) is 4.79 Å². The largest absolute Gasteiger partial charge is 0.480 e. The Morgan fingerprint density at radius 1 is 1.45 bits per heavy atom. The Labute approximate surface area is 123 Å². The first-order valence-corrected chi connectivity index (χ1v) is 7.10. The number of benzene rings is 1. The highest BCUT2D eigenvalue weighted by molar-refractivity contribution is 7.98. The van der Waals surface area contributed by atoms with E-state index in [1.54, 1.807) is 12.3 Å². The van der Waals surface area contributed by atoms with Gasteiger partial charge in [0.15, 0.2) is 0 Å². The number of carbonyl (C=O) groups excluding carboxylic acids is 1. The highest BCUT2D eigenvalue weighted by Crippen LogP contribution is 2.23. The summed E-state index contributed by atoms with van der Waals surface area (Å²) < 4.78 is 24.5. The van der Waals surface area contributed by atoms with E-state index in [-0.39, 0.29) is 10.6 Å². The fourth-order valence-electron chi connectivity index (χ4n) is 1.44. The van der Waals surface area contributed by atoms with Crippen molar-refractivity contribution in [1.82, 2.24) is 5.32 Å². The molecule has 0 radical (unpaired) electrons. The Morgan fingerprint density at radius 3 is 2.60 bits per heavy atom. The number of carboxylic acids is 1. The maximum atomic E-state index is 12.3. The van der Waals surface area contributed by atoms with Gasteiger partial charge in [-0.2, -0.15) is 0 Å². The third-order valence-corrected chi connectivity index (χ3v) is 3.49. The van der Waals surface area contributed by atoms with Crippen molar-refractivity contribution in [3.63, 3.8) is 0 Å². The van der Waals surface area contributed by atoms with Crippen molar-refractivity contribution in [2.24, 2.45) is 0 Å². The normalized spacial score (nSPS) is 12.2. The fraction of sp³-hybridized carbons (Fsp3) is 0.333. The second-order valence-electron chi connectivity index (χ2n) is 3.84. The molecule has 0 bridgehead atoms. The zero-order valence-electron chi connectivity index (χ0n) is 10.4. The zero-order valence-corrected chi connectivity index (χ0v) is 12.0. The topological polar surface area (TPSA) is 66.4 Å². The SMILES string of the molecule is CSc1ccc(Cl)c(C(=O)NC(CC(F)F)C(=O)O)c1. The fourth-order valence-corrected chi connectivity index (χ4v) is 2.08. The summed E-state index contributed by atoms with van der Waals surface area (Å²) in [5.41, 5.74) is 0.0547. The minimum absolute atomic E-state index is 0.0547. The number of aliphatic carboxylic acids is 1. The van der Waals surface area contributed by atoms with Gasteiger partial charge in [0.1, 0.15) is 6.04 Å². The highest BCUT2D eigenvalue weighted by atomic mass is 35.5. The van der Waals surface area contributed by atoms with E-state index in [9.17, 15) is 18.4 Å².